The number of hydrogen-bond donors (Lipinski definition) is 2. The van der Waals surface area contributed by atoms with Gasteiger partial charge in [-0.1, -0.05) is 6.07 Å². The highest BCUT2D eigenvalue weighted by Gasteiger charge is 2.39. The molecule has 186 valence electrons. The molecule has 0 radical (unpaired) electrons. The van der Waals surface area contributed by atoms with Crippen LogP contribution in [0.15, 0.2) is 42.5 Å². The van der Waals surface area contributed by atoms with Gasteiger partial charge in [-0.05, 0) is 56.2 Å². The number of fused-ring (bicyclic) bond motifs is 2. The summed E-state index contributed by atoms with van der Waals surface area (Å²) in [7, 11) is 3.30. The third-order valence-electron chi connectivity index (χ3n) is 6.39. The zero-order valence-corrected chi connectivity index (χ0v) is 20.2. The summed E-state index contributed by atoms with van der Waals surface area (Å²) >= 11 is 0. The molecule has 9 heteroatoms. The molecule has 0 spiro atoms. The first-order valence-electron chi connectivity index (χ1n) is 11.8. The minimum atomic E-state index is -0.335. The fraction of sp³-hybridized carbons (Fsp3) is 0.423. The minimum absolute atomic E-state index is 0.0407. The maximum Gasteiger partial charge on any atom is 0.257 e. The lowest BCUT2D eigenvalue weighted by Gasteiger charge is -2.42. The monoisotopic (exact) mass is 481 g/mol. The average Bonchev–Trinajstić information content (AvgIpc) is 2.86. The van der Waals surface area contributed by atoms with Gasteiger partial charge in [-0.3, -0.25) is 14.4 Å². The lowest BCUT2D eigenvalue weighted by atomic mass is 9.94. The van der Waals surface area contributed by atoms with Crippen LogP contribution in [-0.2, 0) is 9.53 Å². The van der Waals surface area contributed by atoms with Crippen molar-refractivity contribution in [2.24, 2.45) is 0 Å². The molecular weight excluding hydrogens is 450 g/mol. The van der Waals surface area contributed by atoms with Crippen molar-refractivity contribution in [2.75, 3.05) is 32.6 Å². The zero-order chi connectivity index (χ0) is 24.9. The fourth-order valence-corrected chi connectivity index (χ4v) is 4.55. The summed E-state index contributed by atoms with van der Waals surface area (Å²) in [6, 6.07) is 11.7. The van der Waals surface area contributed by atoms with Crippen molar-refractivity contribution in [1.29, 1.82) is 0 Å². The summed E-state index contributed by atoms with van der Waals surface area (Å²) in [6.45, 7) is 2.72. The SMILES string of the molecule is CCNC(=O)C[C@@H]1CC[C@H]2[C@@H](COc3ccc(NC(=O)c4cccc(OC)c4)cc3C(=O)N2C)O1. The van der Waals surface area contributed by atoms with E-state index >= 15 is 0 Å². The van der Waals surface area contributed by atoms with Crippen LogP contribution in [0.5, 0.6) is 11.5 Å². The van der Waals surface area contributed by atoms with Crippen LogP contribution < -0.4 is 20.1 Å². The van der Waals surface area contributed by atoms with Gasteiger partial charge in [0.25, 0.3) is 11.8 Å². The van der Waals surface area contributed by atoms with E-state index in [1.807, 2.05) is 6.92 Å². The Morgan fingerprint density at radius 3 is 2.77 bits per heavy atom. The van der Waals surface area contributed by atoms with Crippen LogP contribution in [0.4, 0.5) is 5.69 Å². The number of hydrogen-bond acceptors (Lipinski definition) is 6. The van der Waals surface area contributed by atoms with Gasteiger partial charge in [0.15, 0.2) is 0 Å². The lowest BCUT2D eigenvalue weighted by Crippen LogP contribution is -2.54. The number of carbonyl (C=O) groups is 3. The third-order valence-corrected chi connectivity index (χ3v) is 6.39. The van der Waals surface area contributed by atoms with E-state index in [1.165, 1.54) is 0 Å². The van der Waals surface area contributed by atoms with Gasteiger partial charge in [-0.15, -0.1) is 0 Å². The van der Waals surface area contributed by atoms with Crippen LogP contribution in [-0.4, -0.2) is 68.2 Å². The van der Waals surface area contributed by atoms with Gasteiger partial charge in [-0.25, -0.2) is 0 Å². The normalized spacial score (nSPS) is 21.5. The third kappa shape index (κ3) is 5.57. The maximum atomic E-state index is 13.4. The second-order valence-corrected chi connectivity index (χ2v) is 8.72. The van der Waals surface area contributed by atoms with Crippen LogP contribution in [0.3, 0.4) is 0 Å². The van der Waals surface area contributed by atoms with E-state index in [-0.39, 0.29) is 42.6 Å². The van der Waals surface area contributed by atoms with Crippen molar-refractivity contribution in [3.63, 3.8) is 0 Å². The molecule has 3 atom stereocenters. The van der Waals surface area contributed by atoms with Crippen LogP contribution >= 0.6 is 0 Å². The largest absolute Gasteiger partial charge is 0.497 e. The molecule has 0 aromatic heterocycles. The van der Waals surface area contributed by atoms with Crippen molar-refractivity contribution in [3.8, 4) is 11.5 Å². The van der Waals surface area contributed by atoms with Gasteiger partial charge < -0.3 is 29.7 Å². The highest BCUT2D eigenvalue weighted by atomic mass is 16.5. The Morgan fingerprint density at radius 1 is 1.17 bits per heavy atom. The van der Waals surface area contributed by atoms with Crippen molar-refractivity contribution in [1.82, 2.24) is 10.2 Å². The van der Waals surface area contributed by atoms with Crippen molar-refractivity contribution < 1.29 is 28.6 Å². The highest BCUT2D eigenvalue weighted by Crippen LogP contribution is 2.32. The molecule has 35 heavy (non-hydrogen) atoms. The maximum absolute atomic E-state index is 13.4. The molecular formula is C26H31N3O6. The molecule has 3 amide bonds. The van der Waals surface area contributed by atoms with Gasteiger partial charge in [0, 0.05) is 24.8 Å². The topological polar surface area (TPSA) is 106 Å². The number of nitrogens with zero attached hydrogens (tertiary/aromatic N) is 1. The number of rotatable bonds is 6. The molecule has 4 rings (SSSR count). The molecule has 2 heterocycles. The van der Waals surface area contributed by atoms with Crippen molar-refractivity contribution in [3.05, 3.63) is 53.6 Å². The molecule has 2 N–H and O–H groups in total. The lowest BCUT2D eigenvalue weighted by molar-refractivity contribution is -0.133. The number of methoxy groups -OCH3 is 1. The molecule has 0 unspecified atom stereocenters. The minimum Gasteiger partial charge on any atom is -0.497 e. The molecule has 0 aliphatic carbocycles. The molecule has 9 nitrogen and oxygen atoms in total. The second-order valence-electron chi connectivity index (χ2n) is 8.72. The Bertz CT molecular complexity index is 1100. The number of likely N-dealkylation sites (N-methyl/N-ethyl adjacent to an activating group) is 1. The molecule has 2 aliphatic heterocycles. The van der Waals surface area contributed by atoms with E-state index in [0.717, 1.165) is 0 Å². The number of benzene rings is 2. The quantitative estimate of drug-likeness (QED) is 0.657. The van der Waals surface area contributed by atoms with Crippen LogP contribution in [0.1, 0.15) is 46.9 Å². The van der Waals surface area contributed by atoms with Crippen molar-refractivity contribution in [2.45, 2.75) is 44.4 Å². The molecule has 0 saturated carbocycles. The van der Waals surface area contributed by atoms with Gasteiger partial charge in [0.05, 0.1) is 31.2 Å². The number of anilines is 1. The molecule has 1 saturated heterocycles. The Hall–Kier alpha value is -3.59. The van der Waals surface area contributed by atoms with Gasteiger partial charge in [0.1, 0.15) is 24.2 Å². The van der Waals surface area contributed by atoms with Crippen LogP contribution in [0, 0.1) is 0 Å². The molecule has 2 aromatic carbocycles. The van der Waals surface area contributed by atoms with E-state index in [4.69, 9.17) is 14.2 Å². The number of carbonyl (C=O) groups excluding carboxylic acids is 3. The molecule has 2 aromatic rings. The first kappa shape index (κ1) is 24.5. The highest BCUT2D eigenvalue weighted by molar-refractivity contribution is 6.05. The Balaban J connectivity index is 1.49. The van der Waals surface area contributed by atoms with Crippen LogP contribution in [0.2, 0.25) is 0 Å². The number of amides is 3. The first-order chi connectivity index (χ1) is 16.9. The average molecular weight is 482 g/mol. The Labute approximate surface area is 204 Å². The van der Waals surface area contributed by atoms with Gasteiger partial charge in [0.2, 0.25) is 5.91 Å². The number of ether oxygens (including phenoxy) is 3. The van der Waals surface area contributed by atoms with E-state index in [0.29, 0.717) is 54.1 Å². The predicted molar refractivity (Wildman–Crippen MR) is 130 cm³/mol. The summed E-state index contributed by atoms with van der Waals surface area (Å²) in [5.41, 5.74) is 1.31. The summed E-state index contributed by atoms with van der Waals surface area (Å²) in [6.07, 6.45) is 1.14. The van der Waals surface area contributed by atoms with Crippen molar-refractivity contribution >= 4 is 23.4 Å². The van der Waals surface area contributed by atoms with Crippen LogP contribution in [0.25, 0.3) is 0 Å². The van der Waals surface area contributed by atoms with E-state index in [1.54, 1.807) is 61.5 Å². The Morgan fingerprint density at radius 2 is 2.00 bits per heavy atom. The predicted octanol–water partition coefficient (Wildman–Crippen LogP) is 2.85. The smallest absolute Gasteiger partial charge is 0.257 e. The molecule has 0 bridgehead atoms. The summed E-state index contributed by atoms with van der Waals surface area (Å²) < 4.78 is 17.3. The fourth-order valence-electron chi connectivity index (χ4n) is 4.55. The van der Waals surface area contributed by atoms with Gasteiger partial charge >= 0.3 is 0 Å². The standard InChI is InChI=1S/C26H31N3O6/c1-4-27-24(30)14-19-9-10-21-23(35-19)15-34-22-11-8-17(13-20(22)26(32)29(21)2)28-25(31)16-6-5-7-18(12-16)33-3/h5-8,11-13,19,21,23H,4,9-10,14-15H2,1-3H3,(H,27,30)(H,28,31)/t19-,21-,23+/m0/s1. The molecule has 2 aliphatic rings. The summed E-state index contributed by atoms with van der Waals surface area (Å²) in [5, 5.41) is 5.64. The first-order valence-corrected chi connectivity index (χ1v) is 11.8. The van der Waals surface area contributed by atoms with E-state index < -0.39 is 0 Å². The number of nitrogens with one attached hydrogen (secondary N) is 2. The van der Waals surface area contributed by atoms with E-state index in [9.17, 15) is 14.4 Å². The summed E-state index contributed by atoms with van der Waals surface area (Å²) in [4.78, 5) is 39.8. The zero-order valence-electron chi connectivity index (χ0n) is 20.2. The molecule has 1 fully saturated rings. The summed E-state index contributed by atoms with van der Waals surface area (Å²) in [5.74, 6) is 0.446. The van der Waals surface area contributed by atoms with Gasteiger partial charge in [-0.2, -0.15) is 0 Å². The van der Waals surface area contributed by atoms with E-state index in [2.05, 4.69) is 10.6 Å². The Kier molecular flexibility index (Phi) is 7.55. The second kappa shape index (κ2) is 10.8.